The van der Waals surface area contributed by atoms with Crippen molar-refractivity contribution in [1.82, 2.24) is 9.88 Å². The number of Topliss-reactive ketones (excluding diaryl/α,β-unsaturated/α-hetero) is 1. The number of aliphatic hydroxyl groups is 1. The van der Waals surface area contributed by atoms with Crippen molar-refractivity contribution in [1.29, 1.82) is 0 Å². The number of hydrogen-bond acceptors (Lipinski definition) is 7. The van der Waals surface area contributed by atoms with E-state index in [-0.39, 0.29) is 31.5 Å². The molecule has 2 aromatic rings. The molecule has 0 bridgehead atoms. The summed E-state index contributed by atoms with van der Waals surface area (Å²) in [5.74, 6) is 1.90. The van der Waals surface area contributed by atoms with Crippen LogP contribution in [0.2, 0.25) is 0 Å². The molecule has 0 aliphatic carbocycles. The number of nitrogens with zero attached hydrogens (tertiary/aromatic N) is 2. The number of rotatable bonds is 6. The first kappa shape index (κ1) is 18.7. The summed E-state index contributed by atoms with van der Waals surface area (Å²) in [6.07, 6.45) is 1.87. The Morgan fingerprint density at radius 3 is 3.04 bits per heavy atom. The average molecular weight is 384 g/mol. The molecule has 1 N–H and O–H groups in total. The van der Waals surface area contributed by atoms with Crippen molar-refractivity contribution in [2.75, 3.05) is 27.5 Å². The molecule has 1 aromatic carbocycles. The molecular formula is C21H24N2O5. The zero-order chi connectivity index (χ0) is 19.7. The maximum absolute atomic E-state index is 12.8. The maximum Gasteiger partial charge on any atom is 0.231 e. The van der Waals surface area contributed by atoms with Crippen molar-refractivity contribution in [3.8, 4) is 17.2 Å². The van der Waals surface area contributed by atoms with E-state index in [0.717, 1.165) is 24.1 Å². The smallest absolute Gasteiger partial charge is 0.231 e. The Morgan fingerprint density at radius 1 is 1.43 bits per heavy atom. The van der Waals surface area contributed by atoms with Crippen LogP contribution in [0.15, 0.2) is 30.5 Å². The second kappa shape index (κ2) is 7.77. The van der Waals surface area contributed by atoms with E-state index in [0.29, 0.717) is 22.9 Å². The second-order valence-corrected chi connectivity index (χ2v) is 7.18. The molecule has 7 nitrogen and oxygen atoms in total. The molecule has 148 valence electrons. The van der Waals surface area contributed by atoms with Gasteiger partial charge in [-0.1, -0.05) is 6.07 Å². The lowest BCUT2D eigenvalue weighted by molar-refractivity contribution is -0.122. The summed E-state index contributed by atoms with van der Waals surface area (Å²) in [6, 6.07) is 7.16. The monoisotopic (exact) mass is 384 g/mol. The van der Waals surface area contributed by atoms with Crippen LogP contribution in [0.5, 0.6) is 17.2 Å². The normalized spacial score (nSPS) is 19.2. The lowest BCUT2D eigenvalue weighted by atomic mass is 9.87. The van der Waals surface area contributed by atoms with E-state index in [4.69, 9.17) is 14.2 Å². The van der Waals surface area contributed by atoms with Gasteiger partial charge in [0.1, 0.15) is 11.9 Å². The van der Waals surface area contributed by atoms with Gasteiger partial charge in [0.2, 0.25) is 12.5 Å². The summed E-state index contributed by atoms with van der Waals surface area (Å²) in [4.78, 5) is 19.1. The number of carbonyl (C=O) groups is 1. The molecule has 4 rings (SSSR count). The lowest BCUT2D eigenvalue weighted by Crippen LogP contribution is -2.34. The Bertz CT molecular complexity index is 871. The molecule has 0 amide bonds. The fourth-order valence-corrected chi connectivity index (χ4v) is 3.98. The van der Waals surface area contributed by atoms with Crippen molar-refractivity contribution in [3.05, 3.63) is 47.3 Å². The number of aliphatic hydroxyl groups excluding tert-OH is 1. The average Bonchev–Trinajstić information content (AvgIpc) is 3.17. The van der Waals surface area contributed by atoms with Gasteiger partial charge in [0.15, 0.2) is 11.5 Å². The first-order valence-corrected chi connectivity index (χ1v) is 9.38. The van der Waals surface area contributed by atoms with Crippen LogP contribution in [0.1, 0.15) is 41.8 Å². The predicted octanol–water partition coefficient (Wildman–Crippen LogP) is 2.43. The maximum atomic E-state index is 12.8. The van der Waals surface area contributed by atoms with E-state index in [9.17, 15) is 9.90 Å². The molecule has 0 saturated carbocycles. The molecule has 2 aliphatic rings. The van der Waals surface area contributed by atoms with Gasteiger partial charge >= 0.3 is 0 Å². The van der Waals surface area contributed by atoms with Gasteiger partial charge in [0.25, 0.3) is 0 Å². The highest BCUT2D eigenvalue weighted by Crippen LogP contribution is 2.50. The quantitative estimate of drug-likeness (QED) is 0.819. The van der Waals surface area contributed by atoms with Gasteiger partial charge in [0.05, 0.1) is 12.8 Å². The predicted molar refractivity (Wildman–Crippen MR) is 102 cm³/mol. The van der Waals surface area contributed by atoms with Crippen molar-refractivity contribution in [2.24, 2.45) is 0 Å². The largest absolute Gasteiger partial charge is 0.492 e. The molecule has 2 atom stereocenters. The number of hydrogen-bond donors (Lipinski definition) is 1. The number of fused-ring (bicyclic) bond motifs is 2. The van der Waals surface area contributed by atoms with E-state index < -0.39 is 6.10 Å². The molecule has 0 fully saturated rings. The highest BCUT2D eigenvalue weighted by atomic mass is 16.7. The van der Waals surface area contributed by atoms with E-state index in [2.05, 4.69) is 9.88 Å². The van der Waals surface area contributed by atoms with Crippen LogP contribution in [-0.2, 0) is 11.2 Å². The molecule has 0 radical (unpaired) electrons. The third kappa shape index (κ3) is 3.43. The highest BCUT2D eigenvalue weighted by Gasteiger charge is 2.35. The SMILES string of the molecule is COc1c2c(cc3c1[C@@H](CC(=O)C[C@@H](O)c1ccccn1)N(C)CC3)OCO2. The second-order valence-electron chi connectivity index (χ2n) is 7.18. The standard InChI is InChI=1S/C21H24N2O5/c1-23-8-6-13-9-18-20(28-12-27-18)21(26-2)19(13)16(23)10-14(24)11-17(25)15-5-3-4-7-22-15/h3-5,7,9,16-17,25H,6,8,10-12H2,1-2H3/t16-,17-/m1/s1. The third-order valence-electron chi connectivity index (χ3n) is 5.42. The zero-order valence-electron chi connectivity index (χ0n) is 16.1. The lowest BCUT2D eigenvalue weighted by Gasteiger charge is -2.35. The van der Waals surface area contributed by atoms with E-state index in [1.165, 1.54) is 0 Å². The number of ketones is 1. The summed E-state index contributed by atoms with van der Waals surface area (Å²) >= 11 is 0. The third-order valence-corrected chi connectivity index (χ3v) is 5.42. The fourth-order valence-electron chi connectivity index (χ4n) is 3.98. The van der Waals surface area contributed by atoms with Gasteiger partial charge in [0, 0.05) is 37.2 Å². The first-order valence-electron chi connectivity index (χ1n) is 9.38. The van der Waals surface area contributed by atoms with E-state index >= 15 is 0 Å². The van der Waals surface area contributed by atoms with Crippen LogP contribution in [0.3, 0.4) is 0 Å². The van der Waals surface area contributed by atoms with Crippen molar-refractivity contribution >= 4 is 5.78 Å². The molecule has 2 aliphatic heterocycles. The molecule has 3 heterocycles. The van der Waals surface area contributed by atoms with Crippen LogP contribution in [-0.4, -0.2) is 48.3 Å². The van der Waals surface area contributed by atoms with Gasteiger partial charge in [-0.3, -0.25) is 14.7 Å². The molecule has 0 unspecified atom stereocenters. The van der Waals surface area contributed by atoms with Crippen LogP contribution in [0, 0.1) is 0 Å². The Labute approximate surface area is 163 Å². The molecular weight excluding hydrogens is 360 g/mol. The number of methoxy groups -OCH3 is 1. The number of ether oxygens (including phenoxy) is 3. The summed E-state index contributed by atoms with van der Waals surface area (Å²) in [5, 5.41) is 10.4. The van der Waals surface area contributed by atoms with Crippen LogP contribution in [0.4, 0.5) is 0 Å². The topological polar surface area (TPSA) is 81.1 Å². The minimum absolute atomic E-state index is 0.0254. The number of benzene rings is 1. The van der Waals surface area contributed by atoms with Crippen LogP contribution in [0.25, 0.3) is 0 Å². The molecule has 0 spiro atoms. The van der Waals surface area contributed by atoms with Crippen LogP contribution >= 0.6 is 0 Å². The van der Waals surface area contributed by atoms with Crippen molar-refractivity contribution < 1.29 is 24.1 Å². The number of pyridine rings is 1. The van der Waals surface area contributed by atoms with E-state index in [1.54, 1.807) is 31.5 Å². The molecule has 1 aromatic heterocycles. The first-order chi connectivity index (χ1) is 13.6. The minimum atomic E-state index is -0.902. The number of likely N-dealkylation sites (N-methyl/N-ethyl adjacent to an activating group) is 1. The van der Waals surface area contributed by atoms with Gasteiger partial charge in [-0.2, -0.15) is 0 Å². The minimum Gasteiger partial charge on any atom is -0.492 e. The Kier molecular flexibility index (Phi) is 5.19. The van der Waals surface area contributed by atoms with Gasteiger partial charge in [-0.25, -0.2) is 0 Å². The Morgan fingerprint density at radius 2 is 2.29 bits per heavy atom. The van der Waals surface area contributed by atoms with Crippen molar-refractivity contribution in [2.45, 2.75) is 31.4 Å². The zero-order valence-corrected chi connectivity index (χ0v) is 16.1. The highest BCUT2D eigenvalue weighted by molar-refractivity contribution is 5.80. The Hall–Kier alpha value is -2.64. The van der Waals surface area contributed by atoms with Crippen LogP contribution < -0.4 is 14.2 Å². The summed E-state index contributed by atoms with van der Waals surface area (Å²) in [7, 11) is 3.61. The van der Waals surface area contributed by atoms with E-state index in [1.807, 2.05) is 13.1 Å². The molecule has 0 saturated heterocycles. The summed E-state index contributed by atoms with van der Waals surface area (Å²) < 4.78 is 16.8. The number of carbonyl (C=O) groups excluding carboxylic acids is 1. The summed E-state index contributed by atoms with van der Waals surface area (Å²) in [6.45, 7) is 1.00. The van der Waals surface area contributed by atoms with Gasteiger partial charge in [-0.05, 0) is 37.2 Å². The number of aromatic nitrogens is 1. The molecule has 7 heteroatoms. The van der Waals surface area contributed by atoms with Gasteiger partial charge in [-0.15, -0.1) is 0 Å². The summed E-state index contributed by atoms with van der Waals surface area (Å²) in [5.41, 5.74) is 2.60. The Balaban J connectivity index is 1.58. The van der Waals surface area contributed by atoms with Crippen molar-refractivity contribution in [3.63, 3.8) is 0 Å². The molecule has 28 heavy (non-hydrogen) atoms. The fraction of sp³-hybridized carbons (Fsp3) is 0.429. The van der Waals surface area contributed by atoms with Gasteiger partial charge < -0.3 is 19.3 Å².